The predicted octanol–water partition coefficient (Wildman–Crippen LogP) is 2.92. The monoisotopic (exact) mass is 225 g/mol. The molecule has 1 aromatic rings. The number of methoxy groups -OCH3 is 1. The van der Waals surface area contributed by atoms with E-state index in [0.717, 1.165) is 16.9 Å². The maximum Gasteiger partial charge on any atom is 0.127 e. The van der Waals surface area contributed by atoms with Crippen molar-refractivity contribution in [3.63, 3.8) is 0 Å². The van der Waals surface area contributed by atoms with Gasteiger partial charge in [-0.1, -0.05) is 6.07 Å². The van der Waals surface area contributed by atoms with Crippen molar-refractivity contribution in [3.05, 3.63) is 23.3 Å². The Kier molecular flexibility index (Phi) is 3.68. The largest absolute Gasteiger partial charge is 0.496 e. The van der Waals surface area contributed by atoms with Crippen LogP contribution in [0.25, 0.3) is 0 Å². The summed E-state index contributed by atoms with van der Waals surface area (Å²) in [6.45, 7) is 6.05. The molecule has 0 unspecified atom stereocenters. The van der Waals surface area contributed by atoms with Gasteiger partial charge in [0.15, 0.2) is 0 Å². The van der Waals surface area contributed by atoms with Gasteiger partial charge in [0, 0.05) is 16.0 Å². The Bertz CT molecular complexity index is 355. The number of nitrogens with two attached hydrogens (primary N) is 1. The summed E-state index contributed by atoms with van der Waals surface area (Å²) >= 11 is 1.70. The Morgan fingerprint density at radius 2 is 1.93 bits per heavy atom. The van der Waals surface area contributed by atoms with Crippen LogP contribution in [-0.4, -0.2) is 13.4 Å². The van der Waals surface area contributed by atoms with Crippen molar-refractivity contribution >= 4 is 11.8 Å². The Labute approximate surface area is 96.2 Å². The van der Waals surface area contributed by atoms with Crippen molar-refractivity contribution < 1.29 is 4.74 Å². The lowest BCUT2D eigenvalue weighted by Crippen LogP contribution is -2.30. The molecule has 15 heavy (non-hydrogen) atoms. The first-order valence-corrected chi connectivity index (χ1v) is 6.15. The van der Waals surface area contributed by atoms with Crippen molar-refractivity contribution in [2.45, 2.75) is 31.2 Å². The van der Waals surface area contributed by atoms with Gasteiger partial charge in [-0.15, -0.1) is 11.8 Å². The SMILES string of the molecule is COc1c(C)ccc(SC)c1C(C)(C)N. The zero-order valence-electron chi connectivity index (χ0n) is 10.0. The number of hydrogen-bond acceptors (Lipinski definition) is 3. The van der Waals surface area contributed by atoms with Crippen LogP contribution in [0.1, 0.15) is 25.0 Å². The highest BCUT2D eigenvalue weighted by atomic mass is 32.2. The average molecular weight is 225 g/mol. The quantitative estimate of drug-likeness (QED) is 0.803. The van der Waals surface area contributed by atoms with E-state index in [1.807, 2.05) is 20.8 Å². The van der Waals surface area contributed by atoms with Gasteiger partial charge in [-0.25, -0.2) is 0 Å². The van der Waals surface area contributed by atoms with E-state index in [-0.39, 0.29) is 5.54 Å². The minimum Gasteiger partial charge on any atom is -0.496 e. The maximum atomic E-state index is 6.19. The van der Waals surface area contributed by atoms with Gasteiger partial charge in [-0.2, -0.15) is 0 Å². The van der Waals surface area contributed by atoms with Crippen LogP contribution in [-0.2, 0) is 5.54 Å². The number of aryl methyl sites for hydroxylation is 1. The average Bonchev–Trinajstić information content (AvgIpc) is 2.15. The molecule has 1 rings (SSSR count). The molecule has 2 N–H and O–H groups in total. The molecule has 0 atom stereocenters. The Morgan fingerprint density at radius 1 is 1.33 bits per heavy atom. The molecule has 0 aliphatic heterocycles. The van der Waals surface area contributed by atoms with E-state index in [2.05, 4.69) is 18.4 Å². The molecule has 0 bridgehead atoms. The minimum atomic E-state index is -0.379. The topological polar surface area (TPSA) is 35.2 Å². The van der Waals surface area contributed by atoms with Crippen molar-refractivity contribution in [1.82, 2.24) is 0 Å². The van der Waals surface area contributed by atoms with Gasteiger partial charge in [0.05, 0.1) is 7.11 Å². The minimum absolute atomic E-state index is 0.379. The first-order chi connectivity index (χ1) is 6.91. The summed E-state index contributed by atoms with van der Waals surface area (Å²) in [4.78, 5) is 1.19. The van der Waals surface area contributed by atoms with E-state index in [0.29, 0.717) is 0 Å². The summed E-state index contributed by atoms with van der Waals surface area (Å²) in [6, 6.07) is 4.17. The Morgan fingerprint density at radius 3 is 2.33 bits per heavy atom. The van der Waals surface area contributed by atoms with Crippen LogP contribution < -0.4 is 10.5 Å². The summed E-state index contributed by atoms with van der Waals surface area (Å²) in [7, 11) is 1.70. The van der Waals surface area contributed by atoms with Gasteiger partial charge >= 0.3 is 0 Å². The van der Waals surface area contributed by atoms with E-state index in [9.17, 15) is 0 Å². The molecule has 0 heterocycles. The third-order valence-electron chi connectivity index (χ3n) is 2.38. The Balaban J connectivity index is 3.48. The van der Waals surface area contributed by atoms with Crippen LogP contribution in [0.3, 0.4) is 0 Å². The van der Waals surface area contributed by atoms with Crippen LogP contribution in [0.2, 0.25) is 0 Å². The molecule has 0 fully saturated rings. The fourth-order valence-electron chi connectivity index (χ4n) is 1.71. The van der Waals surface area contributed by atoms with E-state index in [4.69, 9.17) is 10.5 Å². The molecule has 0 aliphatic carbocycles. The second-order valence-corrected chi connectivity index (χ2v) is 5.06. The van der Waals surface area contributed by atoms with Gasteiger partial charge < -0.3 is 10.5 Å². The van der Waals surface area contributed by atoms with Crippen molar-refractivity contribution in [3.8, 4) is 5.75 Å². The molecule has 3 heteroatoms. The summed E-state index contributed by atoms with van der Waals surface area (Å²) in [6.07, 6.45) is 2.05. The van der Waals surface area contributed by atoms with Gasteiger partial charge in [0.25, 0.3) is 0 Å². The van der Waals surface area contributed by atoms with Gasteiger partial charge in [0.1, 0.15) is 5.75 Å². The predicted molar refractivity (Wildman–Crippen MR) is 66.7 cm³/mol. The number of hydrogen-bond donors (Lipinski definition) is 1. The molecule has 0 amide bonds. The fourth-order valence-corrected chi connectivity index (χ4v) is 2.48. The summed E-state index contributed by atoms with van der Waals surface area (Å²) < 4.78 is 5.45. The molecular weight excluding hydrogens is 206 g/mol. The van der Waals surface area contributed by atoms with E-state index in [1.54, 1.807) is 18.9 Å². The fraction of sp³-hybridized carbons (Fsp3) is 0.500. The molecule has 2 nitrogen and oxygen atoms in total. The normalized spacial score (nSPS) is 11.6. The zero-order valence-corrected chi connectivity index (χ0v) is 10.9. The lowest BCUT2D eigenvalue weighted by molar-refractivity contribution is 0.388. The van der Waals surface area contributed by atoms with E-state index in [1.165, 1.54) is 4.90 Å². The standard InChI is InChI=1S/C12H19NOS/c1-8-6-7-9(15-5)10(11(8)14-4)12(2,3)13/h6-7H,13H2,1-5H3. The van der Waals surface area contributed by atoms with Crippen LogP contribution >= 0.6 is 11.8 Å². The molecule has 0 radical (unpaired) electrons. The first kappa shape index (κ1) is 12.4. The highest BCUT2D eigenvalue weighted by Gasteiger charge is 2.24. The third-order valence-corrected chi connectivity index (χ3v) is 3.16. The molecule has 0 saturated carbocycles. The zero-order chi connectivity index (χ0) is 11.6. The van der Waals surface area contributed by atoms with Gasteiger partial charge in [-0.05, 0) is 38.7 Å². The second kappa shape index (κ2) is 4.45. The lowest BCUT2D eigenvalue weighted by Gasteiger charge is -2.25. The van der Waals surface area contributed by atoms with Crippen molar-refractivity contribution in [2.24, 2.45) is 5.73 Å². The van der Waals surface area contributed by atoms with Crippen molar-refractivity contribution in [2.75, 3.05) is 13.4 Å². The lowest BCUT2D eigenvalue weighted by atomic mass is 9.93. The molecule has 1 aromatic carbocycles. The van der Waals surface area contributed by atoms with E-state index < -0.39 is 0 Å². The molecule has 0 aliphatic rings. The molecule has 0 aromatic heterocycles. The smallest absolute Gasteiger partial charge is 0.127 e. The number of thioether (sulfide) groups is 1. The van der Waals surface area contributed by atoms with Crippen LogP contribution in [0.15, 0.2) is 17.0 Å². The molecular formula is C12H19NOS. The van der Waals surface area contributed by atoms with E-state index >= 15 is 0 Å². The van der Waals surface area contributed by atoms with Crippen molar-refractivity contribution in [1.29, 1.82) is 0 Å². The summed E-state index contributed by atoms with van der Waals surface area (Å²) in [5.74, 6) is 0.911. The number of rotatable bonds is 3. The summed E-state index contributed by atoms with van der Waals surface area (Å²) in [5.41, 5.74) is 8.03. The highest BCUT2D eigenvalue weighted by molar-refractivity contribution is 7.98. The summed E-state index contributed by atoms with van der Waals surface area (Å²) in [5, 5.41) is 0. The second-order valence-electron chi connectivity index (χ2n) is 4.21. The Hall–Kier alpha value is -0.670. The molecule has 0 saturated heterocycles. The van der Waals surface area contributed by atoms with Gasteiger partial charge in [0.2, 0.25) is 0 Å². The number of ether oxygens (including phenoxy) is 1. The first-order valence-electron chi connectivity index (χ1n) is 4.92. The number of benzene rings is 1. The molecule has 0 spiro atoms. The van der Waals surface area contributed by atoms with Gasteiger partial charge in [-0.3, -0.25) is 0 Å². The highest BCUT2D eigenvalue weighted by Crippen LogP contribution is 2.37. The van der Waals surface area contributed by atoms with Crippen LogP contribution in [0.5, 0.6) is 5.75 Å². The third kappa shape index (κ3) is 2.47. The van der Waals surface area contributed by atoms with Crippen LogP contribution in [0, 0.1) is 6.92 Å². The molecule has 84 valence electrons. The maximum absolute atomic E-state index is 6.19. The van der Waals surface area contributed by atoms with Crippen LogP contribution in [0.4, 0.5) is 0 Å².